The van der Waals surface area contributed by atoms with Crippen LogP contribution in [-0.2, 0) is 17.6 Å². The standard InChI is InChI=1S/C20H28O3/c1-15(2)5-8-22-20(12-18-6-7-21-14-18)10-16(3)9-19-11-17(4)13-23-19/h6-7,10-11,13-15,20H,5,8-9,12H2,1-4H3/t20-/m1/s1. The number of aryl methyl sites for hydroxylation is 1. The van der Waals surface area contributed by atoms with Gasteiger partial charge >= 0.3 is 0 Å². The molecule has 3 nitrogen and oxygen atoms in total. The van der Waals surface area contributed by atoms with Gasteiger partial charge in [-0.1, -0.05) is 25.5 Å². The van der Waals surface area contributed by atoms with Crippen LogP contribution in [0.25, 0.3) is 0 Å². The fourth-order valence-corrected chi connectivity index (χ4v) is 2.50. The quantitative estimate of drug-likeness (QED) is 0.585. The van der Waals surface area contributed by atoms with Gasteiger partial charge in [0.2, 0.25) is 0 Å². The van der Waals surface area contributed by atoms with E-state index in [0.29, 0.717) is 5.92 Å². The van der Waals surface area contributed by atoms with Crippen molar-refractivity contribution in [2.75, 3.05) is 6.61 Å². The number of furan rings is 2. The zero-order valence-electron chi connectivity index (χ0n) is 14.7. The minimum absolute atomic E-state index is 0.0717. The third-order valence-corrected chi connectivity index (χ3v) is 3.75. The largest absolute Gasteiger partial charge is 0.472 e. The Kier molecular flexibility index (Phi) is 6.72. The molecule has 0 saturated carbocycles. The lowest BCUT2D eigenvalue weighted by Crippen LogP contribution is -2.16. The molecule has 0 bridgehead atoms. The number of ether oxygens (including phenoxy) is 1. The fraction of sp³-hybridized carbons (Fsp3) is 0.500. The summed E-state index contributed by atoms with van der Waals surface area (Å²) in [6.45, 7) is 9.39. The molecule has 1 atom stereocenters. The van der Waals surface area contributed by atoms with Gasteiger partial charge in [-0.2, -0.15) is 0 Å². The van der Waals surface area contributed by atoms with Crippen molar-refractivity contribution in [1.29, 1.82) is 0 Å². The molecule has 3 heteroatoms. The first-order chi connectivity index (χ1) is 11.0. The van der Waals surface area contributed by atoms with Gasteiger partial charge in [-0.05, 0) is 49.4 Å². The average molecular weight is 316 g/mol. The summed E-state index contributed by atoms with van der Waals surface area (Å²) in [4.78, 5) is 0. The van der Waals surface area contributed by atoms with Gasteiger partial charge in [0.25, 0.3) is 0 Å². The Hall–Kier alpha value is -1.74. The van der Waals surface area contributed by atoms with E-state index in [1.165, 1.54) is 5.57 Å². The number of allylic oxidation sites excluding steroid dienone is 1. The third kappa shape index (κ3) is 6.49. The van der Waals surface area contributed by atoms with Crippen LogP contribution in [0.5, 0.6) is 0 Å². The van der Waals surface area contributed by atoms with Crippen LogP contribution in [0.3, 0.4) is 0 Å². The fourth-order valence-electron chi connectivity index (χ4n) is 2.50. The summed E-state index contributed by atoms with van der Waals surface area (Å²) in [7, 11) is 0. The molecule has 0 radical (unpaired) electrons. The Morgan fingerprint density at radius 1 is 1.30 bits per heavy atom. The van der Waals surface area contributed by atoms with Crippen molar-refractivity contribution < 1.29 is 13.6 Å². The lowest BCUT2D eigenvalue weighted by atomic mass is 10.1. The summed E-state index contributed by atoms with van der Waals surface area (Å²) in [5.74, 6) is 1.65. The molecule has 0 saturated heterocycles. The molecule has 0 aliphatic rings. The summed E-state index contributed by atoms with van der Waals surface area (Å²) in [6.07, 6.45) is 10.3. The lowest BCUT2D eigenvalue weighted by molar-refractivity contribution is 0.0766. The molecule has 23 heavy (non-hydrogen) atoms. The topological polar surface area (TPSA) is 35.5 Å². The molecule has 0 fully saturated rings. The Morgan fingerprint density at radius 2 is 2.13 bits per heavy atom. The average Bonchev–Trinajstić information content (AvgIpc) is 3.10. The van der Waals surface area contributed by atoms with Crippen molar-refractivity contribution in [3.8, 4) is 0 Å². The van der Waals surface area contributed by atoms with Gasteiger partial charge in [-0.15, -0.1) is 0 Å². The summed E-state index contributed by atoms with van der Waals surface area (Å²) in [6, 6.07) is 4.08. The highest BCUT2D eigenvalue weighted by Crippen LogP contribution is 2.16. The van der Waals surface area contributed by atoms with Crippen molar-refractivity contribution in [3.05, 3.63) is 59.5 Å². The highest BCUT2D eigenvalue weighted by atomic mass is 16.5. The SMILES string of the molecule is CC(=C[C@H](Cc1ccoc1)OCCC(C)C)Cc1cc(C)co1. The monoisotopic (exact) mass is 316 g/mol. The molecule has 2 aromatic rings. The van der Waals surface area contributed by atoms with E-state index >= 15 is 0 Å². The van der Waals surface area contributed by atoms with Crippen LogP contribution >= 0.6 is 0 Å². The second-order valence-corrected chi connectivity index (χ2v) is 6.71. The first-order valence-electron chi connectivity index (χ1n) is 8.37. The molecule has 2 rings (SSSR count). The lowest BCUT2D eigenvalue weighted by Gasteiger charge is -2.16. The van der Waals surface area contributed by atoms with Crippen LogP contribution in [0.1, 0.15) is 44.1 Å². The van der Waals surface area contributed by atoms with Crippen LogP contribution in [-0.4, -0.2) is 12.7 Å². The second kappa shape index (κ2) is 8.78. The molecule has 126 valence electrons. The van der Waals surface area contributed by atoms with Gasteiger partial charge in [0.05, 0.1) is 24.9 Å². The third-order valence-electron chi connectivity index (χ3n) is 3.75. The molecule has 2 aromatic heterocycles. The predicted octanol–water partition coefficient (Wildman–Crippen LogP) is 5.34. The van der Waals surface area contributed by atoms with Gasteiger partial charge in [-0.25, -0.2) is 0 Å². The van der Waals surface area contributed by atoms with E-state index in [1.807, 2.05) is 13.0 Å². The Morgan fingerprint density at radius 3 is 2.74 bits per heavy atom. The molecule has 0 aliphatic carbocycles. The smallest absolute Gasteiger partial charge is 0.108 e. The Balaban J connectivity index is 1.97. The molecule has 0 N–H and O–H groups in total. The van der Waals surface area contributed by atoms with E-state index < -0.39 is 0 Å². The molecular weight excluding hydrogens is 288 g/mol. The van der Waals surface area contributed by atoms with Crippen LogP contribution in [0.15, 0.2) is 51.4 Å². The van der Waals surface area contributed by atoms with Gasteiger partial charge in [0, 0.05) is 19.4 Å². The minimum Gasteiger partial charge on any atom is -0.472 e. The maximum Gasteiger partial charge on any atom is 0.108 e. The molecule has 2 heterocycles. The van der Waals surface area contributed by atoms with Gasteiger partial charge < -0.3 is 13.6 Å². The van der Waals surface area contributed by atoms with Crippen LogP contribution in [0.2, 0.25) is 0 Å². The predicted molar refractivity (Wildman–Crippen MR) is 92.5 cm³/mol. The number of hydrogen-bond acceptors (Lipinski definition) is 3. The summed E-state index contributed by atoms with van der Waals surface area (Å²) >= 11 is 0. The van der Waals surface area contributed by atoms with E-state index in [2.05, 4.69) is 32.9 Å². The summed E-state index contributed by atoms with van der Waals surface area (Å²) in [5, 5.41) is 0. The van der Waals surface area contributed by atoms with Crippen molar-refractivity contribution in [2.24, 2.45) is 5.92 Å². The van der Waals surface area contributed by atoms with Crippen molar-refractivity contribution in [1.82, 2.24) is 0 Å². The van der Waals surface area contributed by atoms with E-state index in [-0.39, 0.29) is 6.10 Å². The van der Waals surface area contributed by atoms with E-state index in [9.17, 15) is 0 Å². The zero-order chi connectivity index (χ0) is 16.7. The van der Waals surface area contributed by atoms with E-state index in [0.717, 1.165) is 42.8 Å². The van der Waals surface area contributed by atoms with Crippen molar-refractivity contribution >= 4 is 0 Å². The molecule has 0 unspecified atom stereocenters. The van der Waals surface area contributed by atoms with Gasteiger partial charge in [-0.3, -0.25) is 0 Å². The highest BCUT2D eigenvalue weighted by Gasteiger charge is 2.10. The first-order valence-corrected chi connectivity index (χ1v) is 8.37. The minimum atomic E-state index is 0.0717. The zero-order valence-corrected chi connectivity index (χ0v) is 14.7. The summed E-state index contributed by atoms with van der Waals surface area (Å²) in [5.41, 5.74) is 3.59. The molecule has 0 spiro atoms. The molecule has 0 aromatic carbocycles. The molecule has 0 aliphatic heterocycles. The molecule has 0 amide bonds. The highest BCUT2D eigenvalue weighted by molar-refractivity contribution is 5.18. The van der Waals surface area contributed by atoms with Crippen LogP contribution in [0, 0.1) is 12.8 Å². The maximum atomic E-state index is 6.09. The number of rotatable bonds is 9. The molecular formula is C20H28O3. The van der Waals surface area contributed by atoms with Gasteiger partial charge in [0.15, 0.2) is 0 Å². The first kappa shape index (κ1) is 17.6. The summed E-state index contributed by atoms with van der Waals surface area (Å²) < 4.78 is 16.8. The Bertz CT molecular complexity index is 590. The van der Waals surface area contributed by atoms with Crippen molar-refractivity contribution in [2.45, 2.75) is 53.1 Å². The van der Waals surface area contributed by atoms with Crippen molar-refractivity contribution in [3.63, 3.8) is 0 Å². The van der Waals surface area contributed by atoms with Gasteiger partial charge in [0.1, 0.15) is 5.76 Å². The van der Waals surface area contributed by atoms with Crippen LogP contribution < -0.4 is 0 Å². The Labute approximate surface area is 139 Å². The maximum absolute atomic E-state index is 6.09. The van der Waals surface area contributed by atoms with E-state index in [1.54, 1.807) is 18.8 Å². The normalized spacial score (nSPS) is 13.7. The van der Waals surface area contributed by atoms with E-state index in [4.69, 9.17) is 13.6 Å². The van der Waals surface area contributed by atoms with Crippen LogP contribution in [0.4, 0.5) is 0 Å². The number of hydrogen-bond donors (Lipinski definition) is 0. The second-order valence-electron chi connectivity index (χ2n) is 6.71.